The highest BCUT2D eigenvalue weighted by atomic mass is 16.5. The average Bonchev–Trinajstić information content (AvgIpc) is 2.34. The summed E-state index contributed by atoms with van der Waals surface area (Å²) in [6.07, 6.45) is 9.31. The number of nitrogens with two attached hydrogens (primary N) is 1. The van der Waals surface area contributed by atoms with E-state index in [9.17, 15) is 0 Å². The molecule has 0 bridgehead atoms. The van der Waals surface area contributed by atoms with Crippen LogP contribution in [0.5, 0.6) is 0 Å². The van der Waals surface area contributed by atoms with Gasteiger partial charge in [0.1, 0.15) is 0 Å². The van der Waals surface area contributed by atoms with Gasteiger partial charge in [-0.1, -0.05) is 19.3 Å². The second kappa shape index (κ2) is 8.97. The van der Waals surface area contributed by atoms with Gasteiger partial charge in [0.25, 0.3) is 0 Å². The maximum absolute atomic E-state index is 5.54. The highest BCUT2D eigenvalue weighted by Crippen LogP contribution is 2.22. The number of ether oxygens (including phenoxy) is 1. The van der Waals surface area contributed by atoms with Gasteiger partial charge in [0, 0.05) is 13.2 Å². The van der Waals surface area contributed by atoms with Gasteiger partial charge in [-0.25, -0.2) is 0 Å². The van der Waals surface area contributed by atoms with E-state index < -0.39 is 0 Å². The molecule has 0 aliphatic heterocycles. The summed E-state index contributed by atoms with van der Waals surface area (Å²) in [6.45, 7) is 2.76. The van der Waals surface area contributed by atoms with Crippen LogP contribution in [-0.4, -0.2) is 32.8 Å². The molecule has 1 aliphatic rings. The van der Waals surface area contributed by atoms with Crippen molar-refractivity contribution in [2.45, 2.75) is 51.0 Å². The Hall–Kier alpha value is -0.120. The first kappa shape index (κ1) is 13.9. The van der Waals surface area contributed by atoms with Crippen LogP contribution in [0, 0.1) is 5.92 Å². The molecule has 0 aromatic heterocycles. The standard InChI is InChI=1S/C13H28N2O/c1-16-11-13(8-5-9-14)15-10-12-6-3-2-4-7-12/h12-13,15H,2-11,14H2,1H3. The summed E-state index contributed by atoms with van der Waals surface area (Å²) >= 11 is 0. The van der Waals surface area contributed by atoms with Crippen molar-refractivity contribution in [1.82, 2.24) is 5.32 Å². The molecule has 1 fully saturated rings. The van der Waals surface area contributed by atoms with Gasteiger partial charge in [-0.15, -0.1) is 0 Å². The fraction of sp³-hybridized carbons (Fsp3) is 1.00. The molecule has 0 aromatic rings. The fourth-order valence-corrected chi connectivity index (χ4v) is 2.53. The van der Waals surface area contributed by atoms with Crippen molar-refractivity contribution in [2.75, 3.05) is 26.8 Å². The summed E-state index contributed by atoms with van der Waals surface area (Å²) in [5.74, 6) is 0.894. The predicted octanol–water partition coefficient (Wildman–Crippen LogP) is 1.91. The highest BCUT2D eigenvalue weighted by Gasteiger charge is 2.15. The molecule has 0 amide bonds. The quantitative estimate of drug-likeness (QED) is 0.667. The summed E-state index contributed by atoms with van der Waals surface area (Å²) in [7, 11) is 1.78. The van der Waals surface area contributed by atoms with Crippen molar-refractivity contribution >= 4 is 0 Å². The molecule has 16 heavy (non-hydrogen) atoms. The first-order valence-corrected chi connectivity index (χ1v) is 6.79. The zero-order valence-corrected chi connectivity index (χ0v) is 10.7. The van der Waals surface area contributed by atoms with Crippen LogP contribution in [0.2, 0.25) is 0 Å². The van der Waals surface area contributed by atoms with E-state index >= 15 is 0 Å². The molecule has 96 valence electrons. The van der Waals surface area contributed by atoms with Crippen molar-refractivity contribution in [1.29, 1.82) is 0 Å². The van der Waals surface area contributed by atoms with E-state index in [-0.39, 0.29) is 0 Å². The van der Waals surface area contributed by atoms with Crippen LogP contribution in [0.15, 0.2) is 0 Å². The zero-order valence-electron chi connectivity index (χ0n) is 10.7. The first-order chi connectivity index (χ1) is 7.86. The smallest absolute Gasteiger partial charge is 0.0615 e. The Morgan fingerprint density at radius 2 is 2.06 bits per heavy atom. The number of hydrogen-bond acceptors (Lipinski definition) is 3. The third-order valence-corrected chi connectivity index (χ3v) is 3.54. The molecular formula is C13H28N2O. The van der Waals surface area contributed by atoms with Gasteiger partial charge in [0.15, 0.2) is 0 Å². The summed E-state index contributed by atoms with van der Waals surface area (Å²) in [6, 6.07) is 0.496. The minimum atomic E-state index is 0.496. The van der Waals surface area contributed by atoms with Crippen LogP contribution in [0.3, 0.4) is 0 Å². The van der Waals surface area contributed by atoms with Crippen molar-refractivity contribution in [3.63, 3.8) is 0 Å². The van der Waals surface area contributed by atoms with E-state index in [0.29, 0.717) is 6.04 Å². The lowest BCUT2D eigenvalue weighted by Gasteiger charge is -2.25. The highest BCUT2D eigenvalue weighted by molar-refractivity contribution is 4.72. The summed E-state index contributed by atoms with van der Waals surface area (Å²) < 4.78 is 5.24. The molecule has 0 heterocycles. The third-order valence-electron chi connectivity index (χ3n) is 3.54. The molecule has 1 aliphatic carbocycles. The van der Waals surface area contributed by atoms with Gasteiger partial charge in [-0.05, 0) is 44.7 Å². The first-order valence-electron chi connectivity index (χ1n) is 6.79. The van der Waals surface area contributed by atoms with E-state index in [1.165, 1.54) is 38.6 Å². The van der Waals surface area contributed by atoms with Gasteiger partial charge in [0.05, 0.1) is 6.61 Å². The number of rotatable bonds is 8. The Bertz CT molecular complexity index is 158. The minimum Gasteiger partial charge on any atom is -0.383 e. The van der Waals surface area contributed by atoms with Gasteiger partial charge >= 0.3 is 0 Å². The third kappa shape index (κ3) is 5.83. The topological polar surface area (TPSA) is 47.3 Å². The molecule has 3 nitrogen and oxygen atoms in total. The van der Waals surface area contributed by atoms with Crippen LogP contribution in [0.25, 0.3) is 0 Å². The second-order valence-electron chi connectivity index (χ2n) is 5.00. The lowest BCUT2D eigenvalue weighted by atomic mass is 9.89. The molecule has 1 saturated carbocycles. The van der Waals surface area contributed by atoms with Crippen molar-refractivity contribution in [3.8, 4) is 0 Å². The molecular weight excluding hydrogens is 200 g/mol. The van der Waals surface area contributed by atoms with E-state index in [1.54, 1.807) is 7.11 Å². The van der Waals surface area contributed by atoms with Crippen molar-refractivity contribution in [3.05, 3.63) is 0 Å². The van der Waals surface area contributed by atoms with Crippen LogP contribution < -0.4 is 11.1 Å². The van der Waals surface area contributed by atoms with Crippen LogP contribution in [0.4, 0.5) is 0 Å². The van der Waals surface area contributed by atoms with Crippen LogP contribution in [-0.2, 0) is 4.74 Å². The maximum Gasteiger partial charge on any atom is 0.0615 e. The molecule has 1 atom stereocenters. The Kier molecular flexibility index (Phi) is 7.81. The van der Waals surface area contributed by atoms with E-state index in [1.807, 2.05) is 0 Å². The van der Waals surface area contributed by atoms with Gasteiger partial charge in [-0.3, -0.25) is 0 Å². The number of methoxy groups -OCH3 is 1. The lowest BCUT2D eigenvalue weighted by molar-refractivity contribution is 0.157. The Balaban J connectivity index is 2.14. The Morgan fingerprint density at radius 1 is 1.31 bits per heavy atom. The Labute approximate surface area is 100 Å². The molecule has 3 heteroatoms. The predicted molar refractivity (Wildman–Crippen MR) is 68.5 cm³/mol. The van der Waals surface area contributed by atoms with E-state index in [2.05, 4.69) is 5.32 Å². The maximum atomic E-state index is 5.54. The summed E-state index contributed by atoms with van der Waals surface area (Å²) in [4.78, 5) is 0. The normalized spacial score (nSPS) is 19.9. The molecule has 3 N–H and O–H groups in total. The second-order valence-corrected chi connectivity index (χ2v) is 5.00. The monoisotopic (exact) mass is 228 g/mol. The van der Waals surface area contributed by atoms with E-state index in [4.69, 9.17) is 10.5 Å². The zero-order chi connectivity index (χ0) is 11.6. The lowest BCUT2D eigenvalue weighted by Crippen LogP contribution is -2.37. The molecule has 1 unspecified atom stereocenters. The SMILES string of the molecule is COCC(CCCN)NCC1CCCCC1. The molecule has 1 rings (SSSR count). The summed E-state index contributed by atoms with van der Waals surface area (Å²) in [5.41, 5.74) is 5.54. The number of nitrogens with one attached hydrogen (secondary N) is 1. The Morgan fingerprint density at radius 3 is 2.69 bits per heavy atom. The van der Waals surface area contributed by atoms with Crippen molar-refractivity contribution < 1.29 is 4.74 Å². The van der Waals surface area contributed by atoms with Crippen LogP contribution in [0.1, 0.15) is 44.9 Å². The molecule has 0 aromatic carbocycles. The minimum absolute atomic E-state index is 0.496. The average molecular weight is 228 g/mol. The molecule has 0 saturated heterocycles. The van der Waals surface area contributed by atoms with Gasteiger partial charge in [0.2, 0.25) is 0 Å². The van der Waals surface area contributed by atoms with E-state index in [0.717, 1.165) is 31.9 Å². The van der Waals surface area contributed by atoms with Crippen molar-refractivity contribution in [2.24, 2.45) is 11.7 Å². The largest absolute Gasteiger partial charge is 0.383 e. The van der Waals surface area contributed by atoms with Crippen LogP contribution >= 0.6 is 0 Å². The molecule has 0 radical (unpaired) electrons. The van der Waals surface area contributed by atoms with Gasteiger partial charge < -0.3 is 15.8 Å². The number of hydrogen-bond donors (Lipinski definition) is 2. The van der Waals surface area contributed by atoms with Gasteiger partial charge in [-0.2, -0.15) is 0 Å². The molecule has 0 spiro atoms. The fourth-order valence-electron chi connectivity index (χ4n) is 2.53. The summed E-state index contributed by atoms with van der Waals surface area (Å²) in [5, 5.41) is 3.64.